The van der Waals surface area contributed by atoms with Gasteiger partial charge in [-0.3, -0.25) is 9.59 Å². The minimum Gasteiger partial charge on any atom is -0.469 e. The molecular formula is C19H20ClNO3S. The second kappa shape index (κ2) is 8.92. The molecule has 2 rings (SSSR count). The van der Waals surface area contributed by atoms with E-state index < -0.39 is 12.0 Å². The van der Waals surface area contributed by atoms with Gasteiger partial charge in [0.25, 0.3) is 5.91 Å². The number of methoxy groups -OCH3 is 1. The summed E-state index contributed by atoms with van der Waals surface area (Å²) in [6.45, 7) is 1.98. The van der Waals surface area contributed by atoms with E-state index in [1.54, 1.807) is 12.1 Å². The van der Waals surface area contributed by atoms with Gasteiger partial charge in [-0.25, -0.2) is 0 Å². The van der Waals surface area contributed by atoms with Gasteiger partial charge in [0.2, 0.25) is 0 Å². The Balaban J connectivity index is 2.27. The Kier molecular flexibility index (Phi) is 6.91. The molecule has 0 fully saturated rings. The summed E-state index contributed by atoms with van der Waals surface area (Å²) in [7, 11) is 1.33. The van der Waals surface area contributed by atoms with E-state index >= 15 is 0 Å². The zero-order valence-corrected chi connectivity index (χ0v) is 15.9. The third-order valence-electron chi connectivity index (χ3n) is 3.80. The van der Waals surface area contributed by atoms with Crippen LogP contribution in [-0.2, 0) is 9.53 Å². The molecule has 0 saturated carbocycles. The van der Waals surface area contributed by atoms with Crippen LogP contribution in [-0.4, -0.2) is 25.2 Å². The van der Waals surface area contributed by atoms with E-state index in [1.165, 1.54) is 18.9 Å². The largest absolute Gasteiger partial charge is 0.469 e. The Hall–Kier alpha value is -1.98. The van der Waals surface area contributed by atoms with Crippen molar-refractivity contribution in [2.75, 3.05) is 13.4 Å². The lowest BCUT2D eigenvalue weighted by molar-refractivity contribution is -0.141. The lowest BCUT2D eigenvalue weighted by Crippen LogP contribution is -2.30. The van der Waals surface area contributed by atoms with Gasteiger partial charge in [0.15, 0.2) is 0 Å². The average Bonchev–Trinajstić information content (AvgIpc) is 2.62. The van der Waals surface area contributed by atoms with Crippen LogP contribution in [0.5, 0.6) is 0 Å². The molecule has 0 spiro atoms. The summed E-state index contributed by atoms with van der Waals surface area (Å²) >= 11 is 7.70. The van der Waals surface area contributed by atoms with Crippen LogP contribution in [0.2, 0.25) is 5.02 Å². The molecule has 6 heteroatoms. The maximum Gasteiger partial charge on any atom is 0.307 e. The van der Waals surface area contributed by atoms with Crippen LogP contribution in [0.4, 0.5) is 0 Å². The van der Waals surface area contributed by atoms with Crippen molar-refractivity contribution in [2.45, 2.75) is 24.3 Å². The molecule has 1 atom stereocenters. The Morgan fingerprint density at radius 1 is 1.20 bits per heavy atom. The highest BCUT2D eigenvalue weighted by molar-refractivity contribution is 7.98. The predicted octanol–water partition coefficient (Wildman–Crippen LogP) is 4.40. The lowest BCUT2D eigenvalue weighted by atomic mass is 10.0. The molecular weight excluding hydrogens is 358 g/mol. The van der Waals surface area contributed by atoms with Gasteiger partial charge in [-0.1, -0.05) is 41.4 Å². The van der Waals surface area contributed by atoms with Crippen LogP contribution in [0.25, 0.3) is 0 Å². The van der Waals surface area contributed by atoms with Crippen molar-refractivity contribution < 1.29 is 14.3 Å². The van der Waals surface area contributed by atoms with Crippen molar-refractivity contribution in [1.82, 2.24) is 5.32 Å². The molecule has 0 aliphatic heterocycles. The van der Waals surface area contributed by atoms with Gasteiger partial charge >= 0.3 is 5.97 Å². The first kappa shape index (κ1) is 19.3. The number of ether oxygens (including phenoxy) is 1. The molecule has 0 heterocycles. The molecule has 0 radical (unpaired) electrons. The monoisotopic (exact) mass is 377 g/mol. The number of hydrogen-bond donors (Lipinski definition) is 1. The van der Waals surface area contributed by atoms with E-state index in [4.69, 9.17) is 16.3 Å². The number of rotatable bonds is 6. The molecule has 0 aromatic heterocycles. The normalized spacial score (nSPS) is 11.7. The molecule has 1 N–H and O–H groups in total. The third kappa shape index (κ3) is 5.25. The Labute approximate surface area is 156 Å². The lowest BCUT2D eigenvalue weighted by Gasteiger charge is -2.19. The number of nitrogens with one attached hydrogen (secondary N) is 1. The average molecular weight is 378 g/mol. The minimum atomic E-state index is -0.491. The van der Waals surface area contributed by atoms with Gasteiger partial charge in [0, 0.05) is 4.90 Å². The molecule has 2 aromatic rings. The van der Waals surface area contributed by atoms with Crippen molar-refractivity contribution in [1.29, 1.82) is 0 Å². The smallest absolute Gasteiger partial charge is 0.307 e. The molecule has 0 bridgehead atoms. The van der Waals surface area contributed by atoms with E-state index in [1.807, 2.05) is 43.5 Å². The summed E-state index contributed by atoms with van der Waals surface area (Å²) in [5, 5.41) is 3.26. The summed E-state index contributed by atoms with van der Waals surface area (Å²) in [4.78, 5) is 25.4. The van der Waals surface area contributed by atoms with E-state index in [0.29, 0.717) is 10.6 Å². The highest BCUT2D eigenvalue weighted by Crippen LogP contribution is 2.25. The van der Waals surface area contributed by atoms with Crippen LogP contribution in [0.15, 0.2) is 47.4 Å². The van der Waals surface area contributed by atoms with Gasteiger partial charge in [0.1, 0.15) is 0 Å². The second-order valence-corrected chi connectivity index (χ2v) is 6.85. The number of halogens is 1. The number of amides is 1. The van der Waals surface area contributed by atoms with Crippen LogP contribution in [0.1, 0.15) is 33.9 Å². The molecule has 4 nitrogen and oxygen atoms in total. The topological polar surface area (TPSA) is 55.4 Å². The number of carbonyl (C=O) groups excluding carboxylic acids is 2. The van der Waals surface area contributed by atoms with E-state index in [2.05, 4.69) is 5.32 Å². The zero-order valence-electron chi connectivity index (χ0n) is 14.3. The number of esters is 1. The summed E-state index contributed by atoms with van der Waals surface area (Å²) in [5.74, 6) is -0.717. The SMILES string of the molecule is COC(=O)C[C@@H](NC(=O)c1cc(SC)ccc1Cl)c1ccc(C)cc1. The summed E-state index contributed by atoms with van der Waals surface area (Å²) < 4.78 is 4.75. The fourth-order valence-electron chi connectivity index (χ4n) is 2.34. The van der Waals surface area contributed by atoms with Crippen LogP contribution in [0.3, 0.4) is 0 Å². The minimum absolute atomic E-state index is 0.0468. The first-order valence-corrected chi connectivity index (χ1v) is 9.32. The number of hydrogen-bond acceptors (Lipinski definition) is 4. The van der Waals surface area contributed by atoms with Gasteiger partial charge in [-0.2, -0.15) is 0 Å². The quantitative estimate of drug-likeness (QED) is 0.598. The molecule has 1 amide bonds. The molecule has 0 unspecified atom stereocenters. The first-order valence-electron chi connectivity index (χ1n) is 7.72. The van der Waals surface area contributed by atoms with Gasteiger partial charge in [-0.05, 0) is 36.9 Å². The van der Waals surface area contributed by atoms with Gasteiger partial charge in [0.05, 0.1) is 30.2 Å². The van der Waals surface area contributed by atoms with Crippen LogP contribution >= 0.6 is 23.4 Å². The summed E-state index contributed by atoms with van der Waals surface area (Å²) in [6.07, 6.45) is 1.97. The highest BCUT2D eigenvalue weighted by atomic mass is 35.5. The van der Waals surface area contributed by atoms with Gasteiger partial charge < -0.3 is 10.1 Å². The van der Waals surface area contributed by atoms with E-state index in [9.17, 15) is 9.59 Å². The maximum atomic E-state index is 12.7. The second-order valence-electron chi connectivity index (χ2n) is 5.56. The molecule has 132 valence electrons. The Morgan fingerprint density at radius 2 is 1.88 bits per heavy atom. The molecule has 0 saturated heterocycles. The highest BCUT2D eigenvalue weighted by Gasteiger charge is 2.21. The van der Waals surface area contributed by atoms with Gasteiger partial charge in [-0.15, -0.1) is 11.8 Å². The molecule has 0 aliphatic carbocycles. The van der Waals surface area contributed by atoms with Crippen molar-refractivity contribution in [3.05, 3.63) is 64.2 Å². The van der Waals surface area contributed by atoms with Crippen LogP contribution < -0.4 is 5.32 Å². The molecule has 2 aromatic carbocycles. The van der Waals surface area contributed by atoms with E-state index in [0.717, 1.165) is 16.0 Å². The Morgan fingerprint density at radius 3 is 2.48 bits per heavy atom. The fraction of sp³-hybridized carbons (Fsp3) is 0.263. The number of carbonyl (C=O) groups is 2. The Bertz CT molecular complexity index is 762. The summed E-state index contributed by atoms with van der Waals surface area (Å²) in [5.41, 5.74) is 2.32. The van der Waals surface area contributed by atoms with Crippen molar-refractivity contribution >= 4 is 35.2 Å². The maximum absolute atomic E-state index is 12.7. The standard InChI is InChI=1S/C19H20ClNO3S/c1-12-4-6-13(7-5-12)17(11-18(22)24-2)21-19(23)15-10-14(25-3)8-9-16(15)20/h4-10,17H,11H2,1-3H3,(H,21,23)/t17-/m1/s1. The first-order chi connectivity index (χ1) is 11.9. The molecule has 25 heavy (non-hydrogen) atoms. The third-order valence-corrected chi connectivity index (χ3v) is 4.86. The zero-order chi connectivity index (χ0) is 18.4. The fourth-order valence-corrected chi connectivity index (χ4v) is 2.99. The van der Waals surface area contributed by atoms with Crippen molar-refractivity contribution in [2.24, 2.45) is 0 Å². The predicted molar refractivity (Wildman–Crippen MR) is 101 cm³/mol. The van der Waals surface area contributed by atoms with Crippen molar-refractivity contribution in [3.63, 3.8) is 0 Å². The number of thioether (sulfide) groups is 1. The molecule has 0 aliphatic rings. The number of aryl methyl sites for hydroxylation is 1. The van der Waals surface area contributed by atoms with E-state index in [-0.39, 0.29) is 12.3 Å². The summed E-state index contributed by atoms with van der Waals surface area (Å²) in [6, 6.07) is 12.5. The van der Waals surface area contributed by atoms with Crippen LogP contribution in [0, 0.1) is 6.92 Å². The number of benzene rings is 2. The van der Waals surface area contributed by atoms with Crippen molar-refractivity contribution in [3.8, 4) is 0 Å².